The molecule has 0 aliphatic carbocycles. The number of aromatic nitrogens is 1. The van der Waals surface area contributed by atoms with Crippen LogP contribution in [-0.4, -0.2) is 32.4 Å². The van der Waals surface area contributed by atoms with Crippen molar-refractivity contribution in [1.82, 2.24) is 4.98 Å². The summed E-state index contributed by atoms with van der Waals surface area (Å²) in [6.45, 7) is 13.4. The van der Waals surface area contributed by atoms with E-state index in [0.717, 1.165) is 24.1 Å². The van der Waals surface area contributed by atoms with Crippen LogP contribution >= 0.6 is 0 Å². The summed E-state index contributed by atoms with van der Waals surface area (Å²) in [6, 6.07) is 0. The smallest absolute Gasteiger partial charge is 0.238 e. The SMILES string of the molecule is CCC(C)C(OC)C(C)CC(C)CCCC(C)CCc1[nH]c(OC)c(OC)c(=O)c1C. The van der Waals surface area contributed by atoms with Crippen molar-refractivity contribution in [3.05, 3.63) is 21.5 Å². The first-order chi connectivity index (χ1) is 14.7. The van der Waals surface area contributed by atoms with Gasteiger partial charge in [0.05, 0.1) is 20.3 Å². The molecular formula is C26H47NO4. The lowest BCUT2D eigenvalue weighted by Crippen LogP contribution is -2.28. The molecule has 31 heavy (non-hydrogen) atoms. The molecule has 0 aliphatic rings. The second-order valence-corrected chi connectivity index (χ2v) is 9.60. The van der Waals surface area contributed by atoms with Gasteiger partial charge in [0.15, 0.2) is 0 Å². The van der Waals surface area contributed by atoms with E-state index in [-0.39, 0.29) is 11.2 Å². The Bertz CT molecular complexity index is 699. The zero-order valence-corrected chi connectivity index (χ0v) is 21.5. The van der Waals surface area contributed by atoms with Crippen LogP contribution in [0.1, 0.15) is 84.4 Å². The molecule has 1 aromatic heterocycles. The van der Waals surface area contributed by atoms with Gasteiger partial charge in [-0.15, -0.1) is 0 Å². The molecule has 0 aromatic carbocycles. The summed E-state index contributed by atoms with van der Waals surface area (Å²) in [6.07, 6.45) is 8.38. The first-order valence-electron chi connectivity index (χ1n) is 12.1. The minimum absolute atomic E-state index is 0.0875. The number of hydrogen-bond donors (Lipinski definition) is 1. The second-order valence-electron chi connectivity index (χ2n) is 9.60. The van der Waals surface area contributed by atoms with Crippen molar-refractivity contribution in [1.29, 1.82) is 0 Å². The zero-order chi connectivity index (χ0) is 23.6. The summed E-state index contributed by atoms with van der Waals surface area (Å²) < 4.78 is 16.3. The Hall–Kier alpha value is -1.49. The summed E-state index contributed by atoms with van der Waals surface area (Å²) in [5.74, 6) is 3.20. The number of rotatable bonds is 15. The van der Waals surface area contributed by atoms with Crippen LogP contribution in [0.15, 0.2) is 4.79 Å². The molecule has 1 heterocycles. The molecule has 0 bridgehead atoms. The molecule has 180 valence electrons. The lowest BCUT2D eigenvalue weighted by atomic mass is 9.83. The van der Waals surface area contributed by atoms with E-state index in [1.54, 1.807) is 7.11 Å². The number of methoxy groups -OCH3 is 3. The minimum atomic E-state index is -0.0875. The van der Waals surface area contributed by atoms with Crippen molar-refractivity contribution in [2.24, 2.45) is 23.7 Å². The normalized spacial score (nSPS) is 16.4. The average molecular weight is 438 g/mol. The second kappa shape index (κ2) is 13.8. The Balaban J connectivity index is 2.49. The van der Waals surface area contributed by atoms with Gasteiger partial charge in [-0.3, -0.25) is 4.79 Å². The number of pyridine rings is 1. The average Bonchev–Trinajstić information content (AvgIpc) is 2.74. The van der Waals surface area contributed by atoms with E-state index in [9.17, 15) is 4.79 Å². The van der Waals surface area contributed by atoms with Crippen LogP contribution in [0, 0.1) is 30.6 Å². The van der Waals surface area contributed by atoms with Gasteiger partial charge in [-0.05, 0) is 49.9 Å². The lowest BCUT2D eigenvalue weighted by Gasteiger charge is -2.29. The molecule has 1 N–H and O–H groups in total. The molecule has 0 saturated heterocycles. The van der Waals surface area contributed by atoms with Gasteiger partial charge in [0.2, 0.25) is 17.1 Å². The highest BCUT2D eigenvalue weighted by atomic mass is 16.5. The van der Waals surface area contributed by atoms with Gasteiger partial charge in [-0.25, -0.2) is 0 Å². The van der Waals surface area contributed by atoms with Gasteiger partial charge in [0.25, 0.3) is 0 Å². The van der Waals surface area contributed by atoms with Gasteiger partial charge in [-0.1, -0.05) is 60.3 Å². The summed E-state index contributed by atoms with van der Waals surface area (Å²) in [4.78, 5) is 15.7. The van der Waals surface area contributed by atoms with Crippen LogP contribution in [0.5, 0.6) is 11.6 Å². The molecule has 5 heteroatoms. The van der Waals surface area contributed by atoms with Crippen molar-refractivity contribution in [2.75, 3.05) is 21.3 Å². The molecule has 1 rings (SSSR count). The van der Waals surface area contributed by atoms with Crippen LogP contribution in [0.4, 0.5) is 0 Å². The van der Waals surface area contributed by atoms with Crippen molar-refractivity contribution < 1.29 is 14.2 Å². The number of H-pyrrole nitrogens is 1. The third-order valence-corrected chi connectivity index (χ3v) is 6.97. The van der Waals surface area contributed by atoms with Crippen LogP contribution in [0.25, 0.3) is 0 Å². The molecule has 5 atom stereocenters. The monoisotopic (exact) mass is 437 g/mol. The Labute approximate surface area is 190 Å². The van der Waals surface area contributed by atoms with Gasteiger partial charge in [0.1, 0.15) is 0 Å². The first kappa shape index (κ1) is 27.5. The topological polar surface area (TPSA) is 60.6 Å². The van der Waals surface area contributed by atoms with Crippen molar-refractivity contribution in [2.45, 2.75) is 92.6 Å². The number of aromatic amines is 1. The van der Waals surface area contributed by atoms with Crippen LogP contribution in [0.3, 0.4) is 0 Å². The van der Waals surface area contributed by atoms with E-state index in [0.29, 0.717) is 35.7 Å². The molecule has 0 saturated carbocycles. The fraction of sp³-hybridized carbons (Fsp3) is 0.808. The molecule has 0 amide bonds. The van der Waals surface area contributed by atoms with Gasteiger partial charge >= 0.3 is 0 Å². The summed E-state index contributed by atoms with van der Waals surface area (Å²) in [5.41, 5.74) is 1.59. The standard InChI is InChI=1S/C26H47NO4/c1-10-19(4)24(29-7)20(5)16-18(3)13-11-12-17(2)14-15-22-21(6)23(28)25(30-8)26(27-22)31-9/h17-20,24H,10-16H2,1-9H3,(H,27,28). The number of hydrogen-bond acceptors (Lipinski definition) is 4. The summed E-state index contributed by atoms with van der Waals surface area (Å²) in [7, 11) is 4.90. The number of aryl methyl sites for hydroxylation is 1. The van der Waals surface area contributed by atoms with E-state index in [1.165, 1.54) is 39.2 Å². The highest BCUT2D eigenvalue weighted by Crippen LogP contribution is 2.28. The van der Waals surface area contributed by atoms with E-state index < -0.39 is 0 Å². The van der Waals surface area contributed by atoms with E-state index in [1.807, 2.05) is 14.0 Å². The highest BCUT2D eigenvalue weighted by molar-refractivity contribution is 5.39. The first-order valence-corrected chi connectivity index (χ1v) is 12.1. The van der Waals surface area contributed by atoms with Gasteiger partial charge in [0, 0.05) is 18.4 Å². The maximum absolute atomic E-state index is 12.5. The maximum Gasteiger partial charge on any atom is 0.238 e. The van der Waals surface area contributed by atoms with E-state index >= 15 is 0 Å². The fourth-order valence-electron chi connectivity index (χ4n) is 4.77. The van der Waals surface area contributed by atoms with Crippen LogP contribution in [0.2, 0.25) is 0 Å². The fourth-order valence-corrected chi connectivity index (χ4v) is 4.77. The van der Waals surface area contributed by atoms with Gasteiger partial charge in [-0.2, -0.15) is 0 Å². The zero-order valence-electron chi connectivity index (χ0n) is 21.5. The van der Waals surface area contributed by atoms with Crippen molar-refractivity contribution in [3.8, 4) is 11.6 Å². The van der Waals surface area contributed by atoms with Crippen LogP contribution < -0.4 is 14.9 Å². The van der Waals surface area contributed by atoms with Crippen molar-refractivity contribution in [3.63, 3.8) is 0 Å². The predicted octanol–water partition coefficient (Wildman–Crippen LogP) is 6.16. The van der Waals surface area contributed by atoms with Crippen LogP contribution in [-0.2, 0) is 11.2 Å². The summed E-state index contributed by atoms with van der Waals surface area (Å²) >= 11 is 0. The van der Waals surface area contributed by atoms with E-state index in [2.05, 4.69) is 39.6 Å². The predicted molar refractivity (Wildman–Crippen MR) is 129 cm³/mol. The quantitative estimate of drug-likeness (QED) is 0.357. The van der Waals surface area contributed by atoms with Crippen molar-refractivity contribution >= 4 is 0 Å². The largest absolute Gasteiger partial charge is 0.488 e. The third kappa shape index (κ3) is 8.17. The highest BCUT2D eigenvalue weighted by Gasteiger charge is 2.23. The number of nitrogens with one attached hydrogen (secondary N) is 1. The summed E-state index contributed by atoms with van der Waals surface area (Å²) in [5, 5.41) is 0. The Kier molecular flexibility index (Phi) is 12.3. The van der Waals surface area contributed by atoms with E-state index in [4.69, 9.17) is 14.2 Å². The molecule has 1 aromatic rings. The Morgan fingerprint density at radius 2 is 1.55 bits per heavy atom. The minimum Gasteiger partial charge on any atom is -0.488 e. The molecule has 5 unspecified atom stereocenters. The molecular weight excluding hydrogens is 390 g/mol. The molecule has 5 nitrogen and oxygen atoms in total. The molecule has 0 fully saturated rings. The maximum atomic E-state index is 12.5. The molecule has 0 aliphatic heterocycles. The lowest BCUT2D eigenvalue weighted by molar-refractivity contribution is 0.00842. The van der Waals surface area contributed by atoms with Gasteiger partial charge < -0.3 is 19.2 Å². The third-order valence-electron chi connectivity index (χ3n) is 6.97. The molecule has 0 radical (unpaired) electrons. The number of ether oxygens (including phenoxy) is 3. The Morgan fingerprint density at radius 3 is 2.10 bits per heavy atom. The molecule has 0 spiro atoms. The Morgan fingerprint density at radius 1 is 0.903 bits per heavy atom.